The van der Waals surface area contributed by atoms with Crippen LogP contribution < -0.4 is 0 Å². The van der Waals surface area contributed by atoms with Gasteiger partial charge in [-0.25, -0.2) is 0 Å². The average Bonchev–Trinajstić information content (AvgIpc) is 3.13. The van der Waals surface area contributed by atoms with Crippen molar-refractivity contribution in [3.63, 3.8) is 0 Å². The maximum Gasteiger partial charge on any atom is 0.132 e. The summed E-state index contributed by atoms with van der Waals surface area (Å²) in [5, 5.41) is 0. The van der Waals surface area contributed by atoms with Gasteiger partial charge in [0.15, 0.2) is 0 Å². The standard InChI is InChI=1S/C19H34O/c20-19(15-7-5-13-17-9-1-2-10-17)16-8-6-14-18-11-3-4-12-18/h17-18H,1-16H2. The Bertz CT molecular complexity index is 233. The van der Waals surface area contributed by atoms with Gasteiger partial charge in [-0.05, 0) is 24.7 Å². The van der Waals surface area contributed by atoms with Crippen molar-refractivity contribution in [3.05, 3.63) is 0 Å². The molecule has 0 aliphatic heterocycles. The van der Waals surface area contributed by atoms with Gasteiger partial charge in [0.1, 0.15) is 5.78 Å². The summed E-state index contributed by atoms with van der Waals surface area (Å²) < 4.78 is 0. The first kappa shape index (κ1) is 16.0. The van der Waals surface area contributed by atoms with Crippen LogP contribution in [-0.4, -0.2) is 5.78 Å². The van der Waals surface area contributed by atoms with E-state index in [4.69, 9.17) is 0 Å². The van der Waals surface area contributed by atoms with Crippen molar-refractivity contribution in [1.82, 2.24) is 0 Å². The first-order chi connectivity index (χ1) is 9.84. The van der Waals surface area contributed by atoms with Gasteiger partial charge in [0.05, 0.1) is 0 Å². The molecule has 0 atom stereocenters. The number of carbonyl (C=O) groups is 1. The quantitative estimate of drug-likeness (QED) is 0.444. The normalized spacial score (nSPS) is 20.8. The Morgan fingerprint density at radius 1 is 0.650 bits per heavy atom. The summed E-state index contributed by atoms with van der Waals surface area (Å²) in [6.07, 6.45) is 21.0. The van der Waals surface area contributed by atoms with Crippen LogP contribution in [0.5, 0.6) is 0 Å². The predicted molar refractivity (Wildman–Crippen MR) is 85.9 cm³/mol. The first-order valence-electron chi connectivity index (χ1n) is 9.36. The minimum Gasteiger partial charge on any atom is -0.300 e. The van der Waals surface area contributed by atoms with Gasteiger partial charge < -0.3 is 0 Å². The Hall–Kier alpha value is -0.330. The molecule has 2 fully saturated rings. The second kappa shape index (κ2) is 9.58. The van der Waals surface area contributed by atoms with Crippen molar-refractivity contribution < 1.29 is 4.79 Å². The Balaban J connectivity index is 1.38. The van der Waals surface area contributed by atoms with Crippen LogP contribution in [0.25, 0.3) is 0 Å². The Morgan fingerprint density at radius 3 is 1.45 bits per heavy atom. The number of ketones is 1. The summed E-state index contributed by atoms with van der Waals surface area (Å²) in [4.78, 5) is 11.8. The fraction of sp³-hybridized carbons (Fsp3) is 0.947. The van der Waals surface area contributed by atoms with Gasteiger partial charge in [-0.3, -0.25) is 4.79 Å². The van der Waals surface area contributed by atoms with Gasteiger partial charge in [-0.15, -0.1) is 0 Å². The van der Waals surface area contributed by atoms with E-state index in [2.05, 4.69) is 0 Å². The highest BCUT2D eigenvalue weighted by molar-refractivity contribution is 5.78. The van der Waals surface area contributed by atoms with E-state index in [1.807, 2.05) is 0 Å². The van der Waals surface area contributed by atoms with Crippen LogP contribution in [-0.2, 0) is 4.79 Å². The van der Waals surface area contributed by atoms with E-state index in [-0.39, 0.29) is 0 Å². The number of rotatable bonds is 10. The van der Waals surface area contributed by atoms with Crippen molar-refractivity contribution in [2.45, 2.75) is 103 Å². The zero-order chi connectivity index (χ0) is 14.0. The third-order valence-electron chi connectivity index (χ3n) is 5.59. The average molecular weight is 278 g/mol. The summed E-state index contributed by atoms with van der Waals surface area (Å²) >= 11 is 0. The second-order valence-corrected chi connectivity index (χ2v) is 7.33. The van der Waals surface area contributed by atoms with Crippen molar-refractivity contribution in [2.75, 3.05) is 0 Å². The lowest BCUT2D eigenvalue weighted by Crippen LogP contribution is -2.00. The van der Waals surface area contributed by atoms with E-state index in [9.17, 15) is 4.79 Å². The van der Waals surface area contributed by atoms with Crippen LogP contribution in [0.15, 0.2) is 0 Å². The molecule has 2 rings (SSSR count). The summed E-state index contributed by atoms with van der Waals surface area (Å²) in [5.74, 6) is 2.52. The van der Waals surface area contributed by atoms with Gasteiger partial charge in [0, 0.05) is 12.8 Å². The number of Topliss-reactive ketones (excluding diaryl/α,β-unsaturated/α-hetero) is 1. The van der Waals surface area contributed by atoms with E-state index in [0.717, 1.165) is 37.5 Å². The lowest BCUT2D eigenvalue weighted by molar-refractivity contribution is -0.119. The maximum atomic E-state index is 11.8. The second-order valence-electron chi connectivity index (χ2n) is 7.33. The van der Waals surface area contributed by atoms with Crippen LogP contribution in [0.2, 0.25) is 0 Å². The number of hydrogen-bond donors (Lipinski definition) is 0. The van der Waals surface area contributed by atoms with Gasteiger partial charge in [0.2, 0.25) is 0 Å². The van der Waals surface area contributed by atoms with Crippen molar-refractivity contribution >= 4 is 5.78 Å². The minimum atomic E-state index is 0.530. The monoisotopic (exact) mass is 278 g/mol. The summed E-state index contributed by atoms with van der Waals surface area (Å²) in [5.41, 5.74) is 0. The van der Waals surface area contributed by atoms with E-state index in [0.29, 0.717) is 5.78 Å². The molecule has 0 aromatic carbocycles. The summed E-state index contributed by atoms with van der Waals surface area (Å²) in [6, 6.07) is 0. The molecule has 2 aliphatic rings. The molecule has 1 heteroatoms. The van der Waals surface area contributed by atoms with Crippen LogP contribution in [0.3, 0.4) is 0 Å². The molecule has 0 N–H and O–H groups in total. The van der Waals surface area contributed by atoms with Crippen LogP contribution in [0, 0.1) is 11.8 Å². The fourth-order valence-electron chi connectivity index (χ4n) is 4.23. The Kier molecular flexibility index (Phi) is 7.69. The molecule has 0 aromatic rings. The Morgan fingerprint density at radius 2 is 1.05 bits per heavy atom. The SMILES string of the molecule is O=C(CCCCC1CCCC1)CCCCC1CCCC1. The molecule has 2 saturated carbocycles. The molecule has 0 aromatic heterocycles. The summed E-state index contributed by atoms with van der Waals surface area (Å²) in [6.45, 7) is 0. The molecule has 0 spiro atoms. The van der Waals surface area contributed by atoms with Crippen molar-refractivity contribution in [1.29, 1.82) is 0 Å². The molecule has 20 heavy (non-hydrogen) atoms. The van der Waals surface area contributed by atoms with Crippen LogP contribution in [0.1, 0.15) is 103 Å². The predicted octanol–water partition coefficient (Wildman–Crippen LogP) is 6.06. The zero-order valence-electron chi connectivity index (χ0n) is 13.4. The third-order valence-corrected chi connectivity index (χ3v) is 5.59. The molecule has 0 unspecified atom stereocenters. The largest absolute Gasteiger partial charge is 0.300 e. The third kappa shape index (κ3) is 6.41. The molecular formula is C19H34O. The fourth-order valence-corrected chi connectivity index (χ4v) is 4.23. The smallest absolute Gasteiger partial charge is 0.132 e. The van der Waals surface area contributed by atoms with E-state index >= 15 is 0 Å². The Labute approximate surface area is 125 Å². The number of unbranched alkanes of at least 4 members (excludes halogenated alkanes) is 2. The number of hydrogen-bond acceptors (Lipinski definition) is 1. The van der Waals surface area contributed by atoms with Gasteiger partial charge in [0.25, 0.3) is 0 Å². The van der Waals surface area contributed by atoms with E-state index in [1.165, 1.54) is 77.0 Å². The van der Waals surface area contributed by atoms with Gasteiger partial charge in [-0.2, -0.15) is 0 Å². The molecule has 116 valence electrons. The molecule has 0 saturated heterocycles. The molecule has 0 amide bonds. The maximum absolute atomic E-state index is 11.8. The molecule has 0 bridgehead atoms. The molecule has 0 heterocycles. The molecule has 1 nitrogen and oxygen atoms in total. The van der Waals surface area contributed by atoms with Crippen LogP contribution >= 0.6 is 0 Å². The zero-order valence-corrected chi connectivity index (χ0v) is 13.4. The molecular weight excluding hydrogens is 244 g/mol. The lowest BCUT2D eigenvalue weighted by Gasteiger charge is -2.09. The lowest BCUT2D eigenvalue weighted by atomic mass is 9.97. The highest BCUT2D eigenvalue weighted by Gasteiger charge is 2.15. The van der Waals surface area contributed by atoms with Crippen LogP contribution in [0.4, 0.5) is 0 Å². The molecule has 0 radical (unpaired) electrons. The molecule has 2 aliphatic carbocycles. The highest BCUT2D eigenvalue weighted by atomic mass is 16.1. The van der Waals surface area contributed by atoms with Crippen molar-refractivity contribution in [2.24, 2.45) is 11.8 Å². The van der Waals surface area contributed by atoms with Gasteiger partial charge in [-0.1, -0.05) is 77.0 Å². The topological polar surface area (TPSA) is 17.1 Å². The minimum absolute atomic E-state index is 0.530. The first-order valence-corrected chi connectivity index (χ1v) is 9.36. The summed E-state index contributed by atoms with van der Waals surface area (Å²) in [7, 11) is 0. The van der Waals surface area contributed by atoms with Crippen molar-refractivity contribution in [3.8, 4) is 0 Å². The van der Waals surface area contributed by atoms with Gasteiger partial charge >= 0.3 is 0 Å². The van der Waals surface area contributed by atoms with E-state index < -0.39 is 0 Å². The van der Waals surface area contributed by atoms with E-state index in [1.54, 1.807) is 0 Å². The number of carbonyl (C=O) groups excluding carboxylic acids is 1. The highest BCUT2D eigenvalue weighted by Crippen LogP contribution is 2.30.